The molecule has 2 bridgehead atoms. The summed E-state index contributed by atoms with van der Waals surface area (Å²) in [6.45, 7) is 13.5. The highest BCUT2D eigenvalue weighted by Gasteiger charge is 2.67. The summed E-state index contributed by atoms with van der Waals surface area (Å²) in [5, 5.41) is 0. The molecule has 5 unspecified atom stereocenters. The maximum Gasteiger partial charge on any atom is 0.338 e. The molecule has 5 rings (SSSR count). The van der Waals surface area contributed by atoms with Crippen LogP contribution in [0.1, 0.15) is 75.1 Å². The van der Waals surface area contributed by atoms with Gasteiger partial charge in [0, 0.05) is 11.3 Å². The van der Waals surface area contributed by atoms with Crippen molar-refractivity contribution in [2.75, 3.05) is 0 Å². The highest BCUT2D eigenvalue weighted by molar-refractivity contribution is 5.90. The molecule has 4 heteroatoms. The number of carbonyl (C=O) groups is 2. The van der Waals surface area contributed by atoms with E-state index in [4.69, 9.17) is 9.47 Å². The van der Waals surface area contributed by atoms with Gasteiger partial charge in [0.25, 0.3) is 0 Å². The van der Waals surface area contributed by atoms with Crippen molar-refractivity contribution < 1.29 is 19.1 Å². The number of carbonyl (C=O) groups excluding carboxylic acids is 2. The molecule has 0 aliphatic heterocycles. The maximum absolute atomic E-state index is 13.3. The summed E-state index contributed by atoms with van der Waals surface area (Å²) in [7, 11) is 0. The topological polar surface area (TPSA) is 52.6 Å². The molecule has 3 saturated carbocycles. The van der Waals surface area contributed by atoms with Crippen molar-refractivity contribution in [2.45, 2.75) is 66.6 Å². The van der Waals surface area contributed by atoms with Gasteiger partial charge >= 0.3 is 11.9 Å². The Hall–Kier alpha value is -2.62. The Kier molecular flexibility index (Phi) is 6.63. The van der Waals surface area contributed by atoms with Crippen molar-refractivity contribution in [3.8, 4) is 0 Å². The van der Waals surface area contributed by atoms with Crippen molar-refractivity contribution in [1.82, 2.24) is 0 Å². The molecule has 2 aromatic rings. The van der Waals surface area contributed by atoms with Gasteiger partial charge in [-0.2, -0.15) is 0 Å². The van der Waals surface area contributed by atoms with Crippen LogP contribution in [-0.4, -0.2) is 24.1 Å². The van der Waals surface area contributed by atoms with E-state index >= 15 is 0 Å². The fraction of sp³-hybridized carbons (Fsp3) is 0.533. The molecule has 3 aliphatic carbocycles. The Bertz CT molecular complexity index is 1010. The lowest BCUT2D eigenvalue weighted by atomic mass is 9.41. The van der Waals surface area contributed by atoms with E-state index < -0.39 is 12.2 Å². The fourth-order valence-electron chi connectivity index (χ4n) is 6.87. The van der Waals surface area contributed by atoms with Crippen molar-refractivity contribution >= 4 is 11.9 Å². The second-order valence-corrected chi connectivity index (χ2v) is 11.6. The first kappa shape index (κ1) is 24.5. The van der Waals surface area contributed by atoms with E-state index in [2.05, 4.69) is 41.5 Å². The molecule has 5 atom stereocenters. The number of fused-ring (bicyclic) bond motifs is 3. The Morgan fingerprint density at radius 3 is 1.79 bits per heavy atom. The molecule has 34 heavy (non-hydrogen) atoms. The zero-order valence-corrected chi connectivity index (χ0v) is 21.3. The smallest absolute Gasteiger partial charge is 0.338 e. The Balaban J connectivity index is 1.78. The number of hydrogen-bond donors (Lipinski definition) is 0. The molecule has 0 aromatic heterocycles. The number of esters is 2. The summed E-state index contributed by atoms with van der Waals surface area (Å²) in [6, 6.07) is 18.2. The van der Waals surface area contributed by atoms with Gasteiger partial charge in [-0.25, -0.2) is 9.59 Å². The average Bonchev–Trinajstić information content (AvgIpc) is 2.80. The SMILES string of the molecule is CC(C)C1CC2(C(C)C)CC(C)(C)C1C(OC(=O)c1ccccc1)C2OC(=O)c1ccccc1. The predicted molar refractivity (Wildman–Crippen MR) is 133 cm³/mol. The van der Waals surface area contributed by atoms with Crippen LogP contribution in [0.5, 0.6) is 0 Å². The normalized spacial score (nSPS) is 29.8. The average molecular weight is 463 g/mol. The van der Waals surface area contributed by atoms with E-state index in [0.29, 0.717) is 23.0 Å². The molecule has 4 nitrogen and oxygen atoms in total. The van der Waals surface area contributed by atoms with Gasteiger partial charge in [0.2, 0.25) is 0 Å². The third kappa shape index (κ3) is 4.28. The molecule has 3 aliphatic rings. The predicted octanol–water partition coefficient (Wildman–Crippen LogP) is 6.80. The molecular weight excluding hydrogens is 424 g/mol. The van der Waals surface area contributed by atoms with Crippen molar-refractivity contribution in [3.63, 3.8) is 0 Å². The molecule has 0 N–H and O–H groups in total. The van der Waals surface area contributed by atoms with Gasteiger partial charge in [-0.1, -0.05) is 77.9 Å². The largest absolute Gasteiger partial charge is 0.454 e. The van der Waals surface area contributed by atoms with Crippen LogP contribution < -0.4 is 0 Å². The van der Waals surface area contributed by atoms with Crippen LogP contribution in [0.2, 0.25) is 0 Å². The third-order valence-corrected chi connectivity index (χ3v) is 8.49. The quantitative estimate of drug-likeness (QED) is 0.443. The summed E-state index contributed by atoms with van der Waals surface area (Å²) < 4.78 is 12.7. The van der Waals surface area contributed by atoms with E-state index in [0.717, 1.165) is 12.8 Å². The molecule has 0 heterocycles. The Labute approximate surface area is 204 Å². The minimum Gasteiger partial charge on any atom is -0.454 e. The Morgan fingerprint density at radius 1 is 0.824 bits per heavy atom. The molecule has 0 amide bonds. The standard InChI is InChI=1S/C30H38O4/c1-19(2)23-17-30(20(3)4)18-29(5,6)24(23)25(33-27(31)21-13-9-7-10-14-21)26(30)34-28(32)22-15-11-8-12-16-22/h7-16,19-20,23-26H,17-18H2,1-6H3. The van der Waals surface area contributed by atoms with Crippen molar-refractivity contribution in [2.24, 2.45) is 34.5 Å². The van der Waals surface area contributed by atoms with Crippen LogP contribution in [0, 0.1) is 34.5 Å². The summed E-state index contributed by atoms with van der Waals surface area (Å²) in [5.41, 5.74) is 0.735. The van der Waals surface area contributed by atoms with Crippen LogP contribution in [0.3, 0.4) is 0 Å². The van der Waals surface area contributed by atoms with E-state index in [-0.39, 0.29) is 34.6 Å². The van der Waals surface area contributed by atoms with Gasteiger partial charge in [0.1, 0.15) is 12.2 Å². The van der Waals surface area contributed by atoms with Crippen LogP contribution in [0.4, 0.5) is 0 Å². The monoisotopic (exact) mass is 462 g/mol. The number of benzene rings is 2. The Morgan fingerprint density at radius 2 is 1.32 bits per heavy atom. The lowest BCUT2D eigenvalue weighted by Crippen LogP contribution is -2.68. The van der Waals surface area contributed by atoms with Crippen LogP contribution in [0.25, 0.3) is 0 Å². The lowest BCUT2D eigenvalue weighted by molar-refractivity contribution is -0.246. The molecule has 2 aromatic carbocycles. The molecule has 182 valence electrons. The number of rotatable bonds is 6. The van der Waals surface area contributed by atoms with Gasteiger partial charge in [-0.3, -0.25) is 0 Å². The third-order valence-electron chi connectivity index (χ3n) is 8.49. The van der Waals surface area contributed by atoms with Crippen molar-refractivity contribution in [1.29, 1.82) is 0 Å². The van der Waals surface area contributed by atoms with E-state index in [1.807, 2.05) is 36.4 Å². The van der Waals surface area contributed by atoms with E-state index in [1.165, 1.54) is 0 Å². The second-order valence-electron chi connectivity index (χ2n) is 11.6. The lowest BCUT2D eigenvalue weighted by Gasteiger charge is -2.66. The molecule has 0 saturated heterocycles. The van der Waals surface area contributed by atoms with Gasteiger partial charge in [-0.15, -0.1) is 0 Å². The van der Waals surface area contributed by atoms with Gasteiger partial charge in [-0.05, 0) is 60.3 Å². The maximum atomic E-state index is 13.3. The number of ether oxygens (including phenoxy) is 2. The minimum absolute atomic E-state index is 0.0469. The highest BCUT2D eigenvalue weighted by atomic mass is 16.6. The summed E-state index contributed by atoms with van der Waals surface area (Å²) in [5.74, 6) is 0.488. The van der Waals surface area contributed by atoms with E-state index in [1.54, 1.807) is 24.3 Å². The molecule has 0 spiro atoms. The number of hydrogen-bond acceptors (Lipinski definition) is 4. The summed E-state index contributed by atoms with van der Waals surface area (Å²) in [4.78, 5) is 26.6. The first-order valence-corrected chi connectivity index (χ1v) is 12.6. The molecule has 0 radical (unpaired) electrons. The van der Waals surface area contributed by atoms with E-state index in [9.17, 15) is 9.59 Å². The highest BCUT2D eigenvalue weighted by Crippen LogP contribution is 2.66. The van der Waals surface area contributed by atoms with Crippen LogP contribution in [-0.2, 0) is 9.47 Å². The van der Waals surface area contributed by atoms with Crippen LogP contribution >= 0.6 is 0 Å². The fourth-order valence-corrected chi connectivity index (χ4v) is 6.87. The van der Waals surface area contributed by atoms with Crippen LogP contribution in [0.15, 0.2) is 60.7 Å². The van der Waals surface area contributed by atoms with Crippen molar-refractivity contribution in [3.05, 3.63) is 71.8 Å². The van der Waals surface area contributed by atoms with Gasteiger partial charge in [0.05, 0.1) is 11.1 Å². The second kappa shape index (κ2) is 9.20. The van der Waals surface area contributed by atoms with Gasteiger partial charge in [0.15, 0.2) is 0 Å². The zero-order valence-electron chi connectivity index (χ0n) is 21.3. The zero-order chi connectivity index (χ0) is 24.7. The molecular formula is C30H38O4. The minimum atomic E-state index is -0.493. The van der Waals surface area contributed by atoms with Gasteiger partial charge < -0.3 is 9.47 Å². The summed E-state index contributed by atoms with van der Waals surface area (Å²) in [6.07, 6.45) is 0.939. The summed E-state index contributed by atoms with van der Waals surface area (Å²) >= 11 is 0. The first-order chi connectivity index (χ1) is 16.1. The molecule has 3 fully saturated rings. The first-order valence-electron chi connectivity index (χ1n) is 12.6.